The van der Waals surface area contributed by atoms with Crippen LogP contribution in [0.25, 0.3) is 11.0 Å². The third-order valence-electron chi connectivity index (χ3n) is 5.23. The summed E-state index contributed by atoms with van der Waals surface area (Å²) in [5.74, 6) is -0.425. The molecule has 2 N–H and O–H groups in total. The number of carbonyl (C=O) groups is 1. The summed E-state index contributed by atoms with van der Waals surface area (Å²) in [6, 6.07) is 3.74. The Morgan fingerprint density at radius 1 is 1.31 bits per heavy atom. The topological polar surface area (TPSA) is 121 Å². The Bertz CT molecular complexity index is 1040. The normalized spacial score (nSPS) is 19.0. The minimum atomic E-state index is -0.858. The molecule has 8 nitrogen and oxygen atoms in total. The maximum absolute atomic E-state index is 12.6. The van der Waals surface area contributed by atoms with Gasteiger partial charge in [-0.15, -0.1) is 0 Å². The number of amides is 1. The highest BCUT2D eigenvalue weighted by Gasteiger charge is 2.34. The van der Waals surface area contributed by atoms with E-state index in [4.69, 9.17) is 0 Å². The van der Waals surface area contributed by atoms with Crippen molar-refractivity contribution in [3.05, 3.63) is 38.7 Å². The molecule has 0 bridgehead atoms. The highest BCUT2D eigenvalue weighted by molar-refractivity contribution is 5.97. The zero-order valence-electron chi connectivity index (χ0n) is 14.2. The van der Waals surface area contributed by atoms with E-state index < -0.39 is 22.7 Å². The molecule has 2 fully saturated rings. The third kappa shape index (κ3) is 2.79. The molecule has 2 aromatic heterocycles. The molecule has 2 aliphatic rings. The molecule has 0 radical (unpaired) electrons. The largest absolute Gasteiger partial charge is 0.334 e. The second kappa shape index (κ2) is 6.09. The van der Waals surface area contributed by atoms with Crippen molar-refractivity contribution in [1.29, 1.82) is 5.26 Å². The first-order chi connectivity index (χ1) is 12.5. The Hall–Kier alpha value is -2.95. The van der Waals surface area contributed by atoms with Gasteiger partial charge in [0.15, 0.2) is 0 Å². The summed E-state index contributed by atoms with van der Waals surface area (Å²) in [5.41, 5.74) is -1.38. The summed E-state index contributed by atoms with van der Waals surface area (Å²) in [7, 11) is 0. The molecule has 2 saturated carbocycles. The van der Waals surface area contributed by atoms with Gasteiger partial charge in [0.1, 0.15) is 11.2 Å². The van der Waals surface area contributed by atoms with Gasteiger partial charge >= 0.3 is 5.69 Å². The minimum Gasteiger partial charge on any atom is -0.334 e. The molecule has 0 spiro atoms. The fourth-order valence-electron chi connectivity index (χ4n) is 3.64. The lowest BCUT2D eigenvalue weighted by Crippen LogP contribution is -2.48. The molecular formula is C18H19N5O3. The lowest BCUT2D eigenvalue weighted by Gasteiger charge is -2.31. The quantitative estimate of drug-likeness (QED) is 0.863. The number of nitrogens with zero attached hydrogens (tertiary/aromatic N) is 3. The summed E-state index contributed by atoms with van der Waals surface area (Å²) in [5, 5.41) is 12.5. The molecule has 0 saturated heterocycles. The van der Waals surface area contributed by atoms with E-state index in [1.165, 1.54) is 16.8 Å². The lowest BCUT2D eigenvalue weighted by atomic mass is 9.82. The zero-order chi connectivity index (χ0) is 18.3. The number of nitrogens with one attached hydrogen (secondary N) is 2. The zero-order valence-corrected chi connectivity index (χ0v) is 14.2. The number of carbonyl (C=O) groups excluding carboxylic acids is 1. The average Bonchev–Trinajstić information content (AvgIpc) is 3.47. The Labute approximate surface area is 148 Å². The fourth-order valence-corrected chi connectivity index (χ4v) is 3.64. The maximum Gasteiger partial charge on any atom is 0.330 e. The predicted molar refractivity (Wildman–Crippen MR) is 93.8 cm³/mol. The number of aromatic amines is 1. The monoisotopic (exact) mass is 353 g/mol. The summed E-state index contributed by atoms with van der Waals surface area (Å²) in [4.78, 5) is 43.4. The number of H-pyrrole nitrogens is 1. The molecule has 0 aliphatic heterocycles. The fraction of sp³-hybridized carbons (Fsp3) is 0.500. The van der Waals surface area contributed by atoms with Crippen molar-refractivity contribution in [1.82, 2.24) is 19.9 Å². The summed E-state index contributed by atoms with van der Waals surface area (Å²) < 4.78 is 1.48. The first-order valence-corrected chi connectivity index (χ1v) is 8.91. The van der Waals surface area contributed by atoms with Crippen molar-refractivity contribution in [3.63, 3.8) is 0 Å². The van der Waals surface area contributed by atoms with E-state index >= 15 is 0 Å². The molecule has 134 valence electrons. The van der Waals surface area contributed by atoms with Crippen LogP contribution in [0.1, 0.15) is 61.3 Å². The lowest BCUT2D eigenvalue weighted by molar-refractivity contribution is 0.0902. The Morgan fingerprint density at radius 3 is 2.69 bits per heavy atom. The number of hydrogen-bond acceptors (Lipinski definition) is 5. The van der Waals surface area contributed by atoms with Gasteiger partial charge in [-0.1, -0.05) is 19.3 Å². The number of rotatable bonds is 3. The van der Waals surface area contributed by atoms with Gasteiger partial charge in [0, 0.05) is 12.2 Å². The van der Waals surface area contributed by atoms with Crippen molar-refractivity contribution in [3.8, 4) is 6.07 Å². The van der Waals surface area contributed by atoms with Crippen molar-refractivity contribution in [2.75, 3.05) is 0 Å². The standard InChI is InChI=1S/C18H19N5O3/c19-10-18(6-2-1-3-7-18)22-15(24)11-8-13-14(20-9-11)23(12-4-5-12)17(26)21-16(13)25/h8-9,12H,1-7H2,(H,22,24)(H,21,25,26). The van der Waals surface area contributed by atoms with Gasteiger partial charge in [0.25, 0.3) is 11.5 Å². The second-order valence-corrected chi connectivity index (χ2v) is 7.16. The first kappa shape index (κ1) is 16.5. The third-order valence-corrected chi connectivity index (χ3v) is 5.23. The molecule has 1 amide bonds. The maximum atomic E-state index is 12.6. The molecule has 0 unspecified atom stereocenters. The SMILES string of the molecule is N#CC1(NC(=O)c2cnc3c(c2)c(=O)[nH]c(=O)n3C2CC2)CCCCC1. The first-order valence-electron chi connectivity index (χ1n) is 8.91. The van der Waals surface area contributed by atoms with Gasteiger partial charge in [-0.05, 0) is 31.7 Å². The van der Waals surface area contributed by atoms with E-state index in [1.807, 2.05) is 0 Å². The molecule has 2 aromatic rings. The van der Waals surface area contributed by atoms with Crippen LogP contribution < -0.4 is 16.6 Å². The minimum absolute atomic E-state index is 0.0538. The highest BCUT2D eigenvalue weighted by atomic mass is 16.2. The number of aromatic nitrogens is 3. The molecule has 8 heteroatoms. The van der Waals surface area contributed by atoms with E-state index in [2.05, 4.69) is 21.4 Å². The van der Waals surface area contributed by atoms with Crippen molar-refractivity contribution >= 4 is 16.9 Å². The second-order valence-electron chi connectivity index (χ2n) is 7.16. The average molecular weight is 353 g/mol. The van der Waals surface area contributed by atoms with Crippen LogP contribution >= 0.6 is 0 Å². The number of nitriles is 1. The van der Waals surface area contributed by atoms with Crippen molar-refractivity contribution in [2.45, 2.75) is 56.5 Å². The summed E-state index contributed by atoms with van der Waals surface area (Å²) in [6.45, 7) is 0. The summed E-state index contributed by atoms with van der Waals surface area (Å²) >= 11 is 0. The van der Waals surface area contributed by atoms with Gasteiger partial charge < -0.3 is 5.32 Å². The van der Waals surface area contributed by atoms with E-state index in [1.54, 1.807) is 0 Å². The van der Waals surface area contributed by atoms with Crippen molar-refractivity contribution in [2.24, 2.45) is 0 Å². The van der Waals surface area contributed by atoms with E-state index in [9.17, 15) is 19.6 Å². The van der Waals surface area contributed by atoms with Gasteiger partial charge in [-0.2, -0.15) is 5.26 Å². The van der Waals surface area contributed by atoms with Crippen molar-refractivity contribution < 1.29 is 4.79 Å². The predicted octanol–water partition coefficient (Wildman–Crippen LogP) is 1.38. The number of hydrogen-bond donors (Lipinski definition) is 2. The van der Waals surface area contributed by atoms with E-state index in [0.717, 1.165) is 32.1 Å². The van der Waals surface area contributed by atoms with E-state index in [-0.39, 0.29) is 17.0 Å². The molecule has 2 heterocycles. The molecular weight excluding hydrogens is 334 g/mol. The van der Waals surface area contributed by atoms with Crippen LogP contribution in [0.3, 0.4) is 0 Å². The van der Waals surface area contributed by atoms with Gasteiger partial charge in [0.05, 0.1) is 17.0 Å². The molecule has 0 atom stereocenters. The van der Waals surface area contributed by atoms with Crippen LogP contribution in [0, 0.1) is 11.3 Å². The number of fused-ring (bicyclic) bond motifs is 1. The molecule has 0 aromatic carbocycles. The van der Waals surface area contributed by atoms with E-state index in [0.29, 0.717) is 18.5 Å². The van der Waals surface area contributed by atoms with Crippen LogP contribution in [0.2, 0.25) is 0 Å². The summed E-state index contributed by atoms with van der Waals surface area (Å²) in [6.07, 6.45) is 7.21. The van der Waals surface area contributed by atoms with Crippen LogP contribution in [0.5, 0.6) is 0 Å². The van der Waals surface area contributed by atoms with Crippen LogP contribution in [0.4, 0.5) is 0 Å². The molecule has 2 aliphatic carbocycles. The molecule has 26 heavy (non-hydrogen) atoms. The number of pyridine rings is 1. The van der Waals surface area contributed by atoms with Gasteiger partial charge in [-0.3, -0.25) is 19.1 Å². The smallest absolute Gasteiger partial charge is 0.330 e. The van der Waals surface area contributed by atoms with Gasteiger partial charge in [-0.25, -0.2) is 9.78 Å². The highest BCUT2D eigenvalue weighted by Crippen LogP contribution is 2.34. The van der Waals surface area contributed by atoms with Crippen LogP contribution in [0.15, 0.2) is 21.9 Å². The Balaban J connectivity index is 1.71. The molecule has 4 rings (SSSR count). The Kier molecular flexibility index (Phi) is 3.87. The van der Waals surface area contributed by atoms with Gasteiger partial charge in [0.2, 0.25) is 0 Å². The van der Waals surface area contributed by atoms with Crippen LogP contribution in [-0.2, 0) is 0 Å². The Morgan fingerprint density at radius 2 is 2.04 bits per heavy atom. The van der Waals surface area contributed by atoms with Crippen LogP contribution in [-0.4, -0.2) is 26.0 Å².